The van der Waals surface area contributed by atoms with Gasteiger partial charge in [-0.1, -0.05) is 99.7 Å². The van der Waals surface area contributed by atoms with Crippen LogP contribution in [0, 0.1) is 0 Å². The van der Waals surface area contributed by atoms with Crippen molar-refractivity contribution >= 4 is 58.1 Å². The Hall–Kier alpha value is -4.61. The molecule has 5 aromatic rings. The van der Waals surface area contributed by atoms with Crippen LogP contribution >= 0.6 is 11.8 Å². The molecular formula is C40H38N4S. The minimum atomic E-state index is 0.958. The van der Waals surface area contributed by atoms with Gasteiger partial charge in [-0.15, -0.1) is 11.8 Å². The molecule has 0 amide bonds. The number of unbranched alkanes of at least 4 members (excludes halogenated alkanes) is 5. The minimum absolute atomic E-state index is 0.958. The van der Waals surface area contributed by atoms with Gasteiger partial charge in [0.1, 0.15) is 0 Å². The fraction of sp³-hybridized carbons (Fsp3) is 0.200. The second-order valence-electron chi connectivity index (χ2n) is 11.7. The Bertz CT molecular complexity index is 1880. The van der Waals surface area contributed by atoms with Crippen LogP contribution in [-0.4, -0.2) is 25.7 Å². The van der Waals surface area contributed by atoms with Crippen molar-refractivity contribution in [2.45, 2.75) is 50.3 Å². The van der Waals surface area contributed by atoms with E-state index < -0.39 is 0 Å². The first kappa shape index (κ1) is 29.1. The first-order valence-electron chi connectivity index (χ1n) is 16.1. The quantitative estimate of drug-likeness (QED) is 0.120. The third-order valence-electron chi connectivity index (χ3n) is 8.39. The van der Waals surface area contributed by atoms with Crippen molar-refractivity contribution in [1.29, 1.82) is 0 Å². The van der Waals surface area contributed by atoms with Crippen molar-refractivity contribution in [2.75, 3.05) is 5.75 Å². The number of nitrogens with one attached hydrogen (secondary N) is 2. The summed E-state index contributed by atoms with van der Waals surface area (Å²) in [6.45, 7) is 2.27. The fourth-order valence-corrected chi connectivity index (χ4v) is 7.21. The van der Waals surface area contributed by atoms with E-state index >= 15 is 0 Å². The molecule has 5 heteroatoms. The molecule has 0 aliphatic carbocycles. The lowest BCUT2D eigenvalue weighted by Crippen LogP contribution is -1.91. The molecule has 5 heterocycles. The summed E-state index contributed by atoms with van der Waals surface area (Å²) in [5, 5.41) is 0. The van der Waals surface area contributed by atoms with E-state index in [1.165, 1.54) is 38.5 Å². The van der Waals surface area contributed by atoms with Crippen LogP contribution in [0.1, 0.15) is 68.2 Å². The van der Waals surface area contributed by atoms with Gasteiger partial charge in [-0.3, -0.25) is 0 Å². The molecule has 2 N–H and O–H groups in total. The first-order valence-corrected chi connectivity index (χ1v) is 17.1. The number of aromatic nitrogens is 4. The lowest BCUT2D eigenvalue weighted by Gasteiger charge is -2.06. The number of hydrogen-bond donors (Lipinski definition) is 2. The zero-order valence-electron chi connectivity index (χ0n) is 25.7. The second kappa shape index (κ2) is 13.6. The number of thioether (sulfide) groups is 1. The molecule has 0 atom stereocenters. The molecule has 7 rings (SSSR count). The van der Waals surface area contributed by atoms with E-state index in [0.29, 0.717) is 0 Å². The van der Waals surface area contributed by atoms with Gasteiger partial charge < -0.3 is 9.97 Å². The third kappa shape index (κ3) is 6.45. The van der Waals surface area contributed by atoms with E-state index in [-0.39, 0.29) is 0 Å². The van der Waals surface area contributed by atoms with Crippen LogP contribution in [0.2, 0.25) is 0 Å². The van der Waals surface area contributed by atoms with Gasteiger partial charge in [-0.2, -0.15) is 0 Å². The predicted molar refractivity (Wildman–Crippen MR) is 194 cm³/mol. The summed E-state index contributed by atoms with van der Waals surface area (Å²) in [5.41, 5.74) is 12.5. The molecule has 4 nitrogen and oxygen atoms in total. The molecule has 0 spiro atoms. The summed E-state index contributed by atoms with van der Waals surface area (Å²) in [4.78, 5) is 19.1. The molecule has 2 aromatic carbocycles. The number of fused-ring (bicyclic) bond motifs is 8. The van der Waals surface area contributed by atoms with Crippen LogP contribution in [0.3, 0.4) is 0 Å². The fourth-order valence-electron chi connectivity index (χ4n) is 6.14. The van der Waals surface area contributed by atoms with Crippen LogP contribution in [0.15, 0.2) is 95.9 Å². The smallest absolute Gasteiger partial charge is 0.0795 e. The molecule has 0 radical (unpaired) electrons. The van der Waals surface area contributed by atoms with Crippen LogP contribution in [0.25, 0.3) is 68.6 Å². The van der Waals surface area contributed by atoms with Gasteiger partial charge in [0.05, 0.1) is 27.7 Å². The highest BCUT2D eigenvalue weighted by Gasteiger charge is 2.17. The van der Waals surface area contributed by atoms with Crippen molar-refractivity contribution in [1.82, 2.24) is 19.9 Å². The highest BCUT2D eigenvalue weighted by molar-refractivity contribution is 7.99. The molecule has 224 valence electrons. The number of H-pyrrole nitrogens is 2. The Labute approximate surface area is 269 Å². The van der Waals surface area contributed by atoms with Gasteiger partial charge in [-0.05, 0) is 77.9 Å². The molecule has 0 saturated carbocycles. The zero-order chi connectivity index (χ0) is 30.4. The normalized spacial score (nSPS) is 12.2. The second-order valence-corrected chi connectivity index (χ2v) is 12.8. The van der Waals surface area contributed by atoms with Crippen molar-refractivity contribution < 1.29 is 0 Å². The summed E-state index contributed by atoms with van der Waals surface area (Å²) in [5.74, 6) is 1.05. The number of benzene rings is 2. The van der Waals surface area contributed by atoms with E-state index in [1.54, 1.807) is 0 Å². The minimum Gasteiger partial charge on any atom is -0.355 e. The van der Waals surface area contributed by atoms with Crippen molar-refractivity contribution in [3.63, 3.8) is 0 Å². The maximum atomic E-state index is 5.30. The first-order chi connectivity index (χ1) is 22.3. The number of nitrogens with zero attached hydrogens (tertiary/aromatic N) is 2. The van der Waals surface area contributed by atoms with Crippen LogP contribution < -0.4 is 0 Å². The van der Waals surface area contributed by atoms with Gasteiger partial charge in [-0.25, -0.2) is 9.97 Å². The monoisotopic (exact) mass is 606 g/mol. The summed E-state index contributed by atoms with van der Waals surface area (Å²) in [6.07, 6.45) is 16.3. The summed E-state index contributed by atoms with van der Waals surface area (Å²) < 4.78 is 0. The SMILES string of the molecule is CCCCCCCCSc1c2nc(c(-c3ccccc3)c3ccc(cc4ccc([nH]4)c(-c4ccccc4)c4nc1C=C4)[nH]3)C=C2. The van der Waals surface area contributed by atoms with Crippen LogP contribution in [0.4, 0.5) is 0 Å². The average Bonchev–Trinajstić information content (AvgIpc) is 3.90. The summed E-state index contributed by atoms with van der Waals surface area (Å²) in [6, 6.07) is 31.9. The van der Waals surface area contributed by atoms with Crippen molar-refractivity contribution in [3.8, 4) is 22.3 Å². The lowest BCUT2D eigenvalue weighted by molar-refractivity contribution is 0.627. The molecule has 8 bridgehead atoms. The Morgan fingerprint density at radius 1 is 0.533 bits per heavy atom. The Morgan fingerprint density at radius 2 is 1.02 bits per heavy atom. The van der Waals surface area contributed by atoms with Crippen molar-refractivity contribution in [2.24, 2.45) is 0 Å². The Balaban J connectivity index is 1.46. The molecule has 2 aliphatic rings. The molecule has 2 aliphatic heterocycles. The molecule has 45 heavy (non-hydrogen) atoms. The zero-order valence-corrected chi connectivity index (χ0v) is 26.5. The summed E-state index contributed by atoms with van der Waals surface area (Å²) >= 11 is 1.89. The van der Waals surface area contributed by atoms with Gasteiger partial charge in [0.2, 0.25) is 0 Å². The lowest BCUT2D eigenvalue weighted by atomic mass is 10.0. The highest BCUT2D eigenvalue weighted by Crippen LogP contribution is 2.36. The third-order valence-corrected chi connectivity index (χ3v) is 9.59. The number of hydrogen-bond acceptors (Lipinski definition) is 3. The van der Waals surface area contributed by atoms with Crippen LogP contribution in [-0.2, 0) is 0 Å². The van der Waals surface area contributed by atoms with Crippen LogP contribution in [0.5, 0.6) is 0 Å². The van der Waals surface area contributed by atoms with Gasteiger partial charge in [0.15, 0.2) is 0 Å². The van der Waals surface area contributed by atoms with Gasteiger partial charge in [0.25, 0.3) is 0 Å². The molecule has 0 unspecified atom stereocenters. The van der Waals surface area contributed by atoms with E-state index in [1.807, 2.05) is 11.8 Å². The number of aromatic amines is 2. The maximum absolute atomic E-state index is 5.30. The maximum Gasteiger partial charge on any atom is 0.0795 e. The van der Waals surface area contributed by atoms with E-state index in [4.69, 9.17) is 9.97 Å². The predicted octanol–water partition coefficient (Wildman–Crippen LogP) is 11.4. The molecular weight excluding hydrogens is 569 g/mol. The topological polar surface area (TPSA) is 57.4 Å². The van der Waals surface area contributed by atoms with E-state index in [0.717, 1.165) is 77.7 Å². The summed E-state index contributed by atoms with van der Waals surface area (Å²) in [7, 11) is 0. The number of rotatable bonds is 10. The Morgan fingerprint density at radius 3 is 1.56 bits per heavy atom. The average molecular weight is 607 g/mol. The molecule has 0 saturated heterocycles. The Kier molecular flexibility index (Phi) is 8.79. The van der Waals surface area contributed by atoms with E-state index in [2.05, 4.69) is 132 Å². The van der Waals surface area contributed by atoms with Gasteiger partial charge in [0, 0.05) is 33.2 Å². The van der Waals surface area contributed by atoms with Crippen molar-refractivity contribution in [3.05, 3.63) is 114 Å². The highest BCUT2D eigenvalue weighted by atomic mass is 32.2. The molecule has 0 fully saturated rings. The van der Waals surface area contributed by atoms with E-state index in [9.17, 15) is 0 Å². The standard InChI is InChI=1S/C40H38N4S/c1-2-3-4-5-6-13-26-45-40-36-24-22-34(43-36)38(28-14-9-7-10-15-28)32-20-18-30(41-32)27-31-19-21-33(42-31)39(29-16-11-8-12-17-29)35-23-25-37(40)44-35/h7-12,14-25,27,41-42H,2-6,13,26H2,1H3. The molecule has 3 aromatic heterocycles. The van der Waals surface area contributed by atoms with Gasteiger partial charge >= 0.3 is 0 Å². The largest absolute Gasteiger partial charge is 0.355 e.